The molecule has 3 nitrogen and oxygen atoms in total. The van der Waals surface area contributed by atoms with E-state index < -0.39 is 0 Å². The van der Waals surface area contributed by atoms with Gasteiger partial charge in [-0.2, -0.15) is 0 Å². The molecule has 21 heavy (non-hydrogen) atoms. The predicted octanol–water partition coefficient (Wildman–Crippen LogP) is 3.94. The molecule has 3 heteroatoms. The van der Waals surface area contributed by atoms with E-state index in [2.05, 4.69) is 33.0 Å². The summed E-state index contributed by atoms with van der Waals surface area (Å²) in [5.74, 6) is 1.49. The second kappa shape index (κ2) is 6.97. The normalized spacial score (nSPS) is 18.3. The Morgan fingerprint density at radius 1 is 1.43 bits per heavy atom. The summed E-state index contributed by atoms with van der Waals surface area (Å²) in [6, 6.07) is 6.01. The van der Waals surface area contributed by atoms with Gasteiger partial charge in [-0.05, 0) is 55.4 Å². The third-order valence-corrected chi connectivity index (χ3v) is 4.49. The molecule has 1 saturated heterocycles. The summed E-state index contributed by atoms with van der Waals surface area (Å²) in [4.78, 5) is 14.6. The minimum absolute atomic E-state index is 0.184. The number of amides is 1. The average Bonchev–Trinajstić information content (AvgIpc) is 2.95. The molecule has 1 N–H and O–H groups in total. The fourth-order valence-corrected chi connectivity index (χ4v) is 2.95. The van der Waals surface area contributed by atoms with Gasteiger partial charge in [-0.15, -0.1) is 0 Å². The van der Waals surface area contributed by atoms with Crippen LogP contribution in [0.4, 0.5) is 5.69 Å². The monoisotopic (exact) mass is 288 g/mol. The standard InChI is InChI=1S/C18H28N2O/c1-5-9-19-17-7-6-15(11-14(17)4)18(21)20-10-8-16(12-20)13(2)3/h6-7,11,13,16,19H,5,8-10,12H2,1-4H3. The fourth-order valence-electron chi connectivity index (χ4n) is 2.95. The topological polar surface area (TPSA) is 32.3 Å². The van der Waals surface area contributed by atoms with Crippen LogP contribution in [0.1, 0.15) is 49.5 Å². The molecule has 0 bridgehead atoms. The summed E-state index contributed by atoms with van der Waals surface area (Å²) < 4.78 is 0. The first-order valence-corrected chi connectivity index (χ1v) is 8.16. The first-order valence-electron chi connectivity index (χ1n) is 8.16. The van der Waals surface area contributed by atoms with Crippen molar-refractivity contribution >= 4 is 11.6 Å². The molecule has 1 aliphatic rings. The SMILES string of the molecule is CCCNc1ccc(C(=O)N2CCC(C(C)C)C2)cc1C. The third-order valence-electron chi connectivity index (χ3n) is 4.49. The Labute approximate surface area is 128 Å². The van der Waals surface area contributed by atoms with Crippen LogP contribution in [0.2, 0.25) is 0 Å². The van der Waals surface area contributed by atoms with Gasteiger partial charge in [0.1, 0.15) is 0 Å². The van der Waals surface area contributed by atoms with Crippen molar-refractivity contribution in [3.63, 3.8) is 0 Å². The second-order valence-electron chi connectivity index (χ2n) is 6.50. The molecular weight excluding hydrogens is 260 g/mol. The third kappa shape index (κ3) is 3.78. The first-order chi connectivity index (χ1) is 10.0. The van der Waals surface area contributed by atoms with Gasteiger partial charge in [-0.3, -0.25) is 4.79 Å². The summed E-state index contributed by atoms with van der Waals surface area (Å²) in [5, 5.41) is 3.40. The molecule has 0 saturated carbocycles. The van der Waals surface area contributed by atoms with Crippen LogP contribution in [0, 0.1) is 18.8 Å². The molecular formula is C18H28N2O. The van der Waals surface area contributed by atoms with Gasteiger partial charge in [0.15, 0.2) is 0 Å². The number of likely N-dealkylation sites (tertiary alicyclic amines) is 1. The molecule has 1 atom stereocenters. The minimum Gasteiger partial charge on any atom is -0.385 e. The molecule has 2 rings (SSSR count). The van der Waals surface area contributed by atoms with Crippen LogP contribution in [-0.2, 0) is 0 Å². The highest BCUT2D eigenvalue weighted by Gasteiger charge is 2.28. The zero-order valence-electron chi connectivity index (χ0n) is 13.8. The van der Waals surface area contributed by atoms with E-state index in [1.807, 2.05) is 23.1 Å². The summed E-state index contributed by atoms with van der Waals surface area (Å²) in [6.07, 6.45) is 2.24. The highest BCUT2D eigenvalue weighted by molar-refractivity contribution is 5.95. The molecule has 1 aromatic carbocycles. The van der Waals surface area contributed by atoms with Crippen molar-refractivity contribution in [3.8, 4) is 0 Å². The number of nitrogens with one attached hydrogen (secondary N) is 1. The molecule has 1 aromatic rings. The van der Waals surface area contributed by atoms with Crippen molar-refractivity contribution in [2.24, 2.45) is 11.8 Å². The van der Waals surface area contributed by atoms with Crippen LogP contribution in [-0.4, -0.2) is 30.4 Å². The zero-order valence-corrected chi connectivity index (χ0v) is 13.8. The van der Waals surface area contributed by atoms with Gasteiger partial charge in [0.05, 0.1) is 0 Å². The molecule has 0 aromatic heterocycles. The van der Waals surface area contributed by atoms with Crippen LogP contribution >= 0.6 is 0 Å². The Morgan fingerprint density at radius 3 is 2.76 bits per heavy atom. The predicted molar refractivity (Wildman–Crippen MR) is 88.8 cm³/mol. The van der Waals surface area contributed by atoms with Crippen molar-refractivity contribution in [2.75, 3.05) is 25.0 Å². The number of anilines is 1. The van der Waals surface area contributed by atoms with Crippen LogP contribution in [0.5, 0.6) is 0 Å². The lowest BCUT2D eigenvalue weighted by Gasteiger charge is -2.19. The Bertz CT molecular complexity index is 496. The average molecular weight is 288 g/mol. The number of hydrogen-bond donors (Lipinski definition) is 1. The molecule has 1 heterocycles. The minimum atomic E-state index is 0.184. The van der Waals surface area contributed by atoms with Crippen molar-refractivity contribution in [2.45, 2.75) is 40.5 Å². The maximum absolute atomic E-state index is 12.6. The summed E-state index contributed by atoms with van der Waals surface area (Å²) in [7, 11) is 0. The van der Waals surface area contributed by atoms with E-state index in [4.69, 9.17) is 0 Å². The second-order valence-corrected chi connectivity index (χ2v) is 6.50. The maximum atomic E-state index is 12.6. The number of hydrogen-bond acceptors (Lipinski definition) is 2. The van der Waals surface area contributed by atoms with Crippen LogP contribution in [0.3, 0.4) is 0 Å². The Balaban J connectivity index is 2.05. The van der Waals surface area contributed by atoms with Crippen molar-refractivity contribution in [1.29, 1.82) is 0 Å². The summed E-state index contributed by atoms with van der Waals surface area (Å²) in [5.41, 5.74) is 3.10. The van der Waals surface area contributed by atoms with Crippen molar-refractivity contribution in [1.82, 2.24) is 4.90 Å². The number of carbonyl (C=O) groups excluding carboxylic acids is 1. The van der Waals surface area contributed by atoms with Crippen molar-refractivity contribution in [3.05, 3.63) is 29.3 Å². The molecule has 1 unspecified atom stereocenters. The van der Waals surface area contributed by atoms with E-state index in [9.17, 15) is 4.79 Å². The highest BCUT2D eigenvalue weighted by atomic mass is 16.2. The molecule has 1 amide bonds. The first kappa shape index (κ1) is 15.9. The van der Waals surface area contributed by atoms with E-state index >= 15 is 0 Å². The molecule has 0 aliphatic carbocycles. The van der Waals surface area contributed by atoms with E-state index in [0.29, 0.717) is 11.8 Å². The highest BCUT2D eigenvalue weighted by Crippen LogP contribution is 2.26. The van der Waals surface area contributed by atoms with Gasteiger partial charge < -0.3 is 10.2 Å². The van der Waals surface area contributed by atoms with Gasteiger partial charge in [-0.1, -0.05) is 20.8 Å². The lowest BCUT2D eigenvalue weighted by Crippen LogP contribution is -2.29. The number of benzene rings is 1. The van der Waals surface area contributed by atoms with Gasteiger partial charge in [0.2, 0.25) is 0 Å². The van der Waals surface area contributed by atoms with E-state index in [1.165, 1.54) is 0 Å². The zero-order chi connectivity index (χ0) is 15.4. The van der Waals surface area contributed by atoms with Gasteiger partial charge in [0.25, 0.3) is 5.91 Å². The largest absolute Gasteiger partial charge is 0.385 e. The van der Waals surface area contributed by atoms with Gasteiger partial charge in [0, 0.05) is 30.9 Å². The molecule has 116 valence electrons. The molecule has 1 fully saturated rings. The lowest BCUT2D eigenvalue weighted by atomic mass is 9.95. The molecule has 0 radical (unpaired) electrons. The molecule has 1 aliphatic heterocycles. The van der Waals surface area contributed by atoms with Crippen LogP contribution in [0.25, 0.3) is 0 Å². The lowest BCUT2D eigenvalue weighted by molar-refractivity contribution is 0.0784. The van der Waals surface area contributed by atoms with Crippen LogP contribution < -0.4 is 5.32 Å². The fraction of sp³-hybridized carbons (Fsp3) is 0.611. The number of rotatable bonds is 5. The Morgan fingerprint density at radius 2 is 2.19 bits per heavy atom. The van der Waals surface area contributed by atoms with E-state index in [1.54, 1.807) is 0 Å². The Hall–Kier alpha value is -1.51. The van der Waals surface area contributed by atoms with Crippen LogP contribution in [0.15, 0.2) is 18.2 Å². The summed E-state index contributed by atoms with van der Waals surface area (Å²) >= 11 is 0. The summed E-state index contributed by atoms with van der Waals surface area (Å²) in [6.45, 7) is 11.5. The number of nitrogens with zero attached hydrogens (tertiary/aromatic N) is 1. The number of carbonyl (C=O) groups is 1. The molecule has 0 spiro atoms. The number of aryl methyl sites for hydroxylation is 1. The van der Waals surface area contributed by atoms with E-state index in [0.717, 1.165) is 49.3 Å². The smallest absolute Gasteiger partial charge is 0.253 e. The van der Waals surface area contributed by atoms with Gasteiger partial charge >= 0.3 is 0 Å². The maximum Gasteiger partial charge on any atom is 0.253 e. The van der Waals surface area contributed by atoms with Gasteiger partial charge in [-0.25, -0.2) is 0 Å². The Kier molecular flexibility index (Phi) is 5.27. The van der Waals surface area contributed by atoms with E-state index in [-0.39, 0.29) is 5.91 Å². The van der Waals surface area contributed by atoms with Crippen molar-refractivity contribution < 1.29 is 4.79 Å². The quantitative estimate of drug-likeness (QED) is 0.890.